The summed E-state index contributed by atoms with van der Waals surface area (Å²) in [6, 6.07) is 7.52. The van der Waals surface area contributed by atoms with Crippen LogP contribution in [0.2, 0.25) is 0 Å². The van der Waals surface area contributed by atoms with Gasteiger partial charge in [0.2, 0.25) is 0 Å². The van der Waals surface area contributed by atoms with E-state index in [1.165, 1.54) is 25.9 Å². The lowest BCUT2D eigenvalue weighted by molar-refractivity contribution is -0.136. The molecule has 5 nitrogen and oxygen atoms in total. The lowest BCUT2D eigenvalue weighted by Gasteiger charge is -2.26. The number of amides is 1. The molecule has 0 saturated carbocycles. The summed E-state index contributed by atoms with van der Waals surface area (Å²) in [6.45, 7) is 7.90. The summed E-state index contributed by atoms with van der Waals surface area (Å²) in [4.78, 5) is 14.8. The highest BCUT2D eigenvalue weighted by atomic mass is 16.5. The number of hydrogen-bond donors (Lipinski definition) is 1. The number of nitrogens with one attached hydrogen (secondary N) is 1. The molecule has 1 saturated heterocycles. The van der Waals surface area contributed by atoms with Crippen molar-refractivity contribution >= 4 is 11.6 Å². The van der Waals surface area contributed by atoms with Gasteiger partial charge in [0.15, 0.2) is 0 Å². The van der Waals surface area contributed by atoms with E-state index in [4.69, 9.17) is 9.47 Å². The topological polar surface area (TPSA) is 50.8 Å². The molecule has 1 heterocycles. The fourth-order valence-corrected chi connectivity index (χ4v) is 2.98. The van der Waals surface area contributed by atoms with E-state index in [9.17, 15) is 4.79 Å². The maximum Gasteiger partial charge on any atom is 0.256 e. The van der Waals surface area contributed by atoms with Gasteiger partial charge in [0.1, 0.15) is 18.0 Å². The number of carbonyl (C=O) groups excluding carboxylic acids is 1. The van der Waals surface area contributed by atoms with Gasteiger partial charge >= 0.3 is 0 Å². The Labute approximate surface area is 145 Å². The average Bonchev–Trinajstić information content (AvgIpc) is 3.10. The Kier molecular flexibility index (Phi) is 7.06. The zero-order valence-corrected chi connectivity index (χ0v) is 15.1. The average molecular weight is 334 g/mol. The second kappa shape index (κ2) is 9.04. The monoisotopic (exact) mass is 334 g/mol. The third kappa shape index (κ3) is 5.21. The van der Waals surface area contributed by atoms with Crippen molar-refractivity contribution < 1.29 is 14.3 Å². The summed E-state index contributed by atoms with van der Waals surface area (Å²) >= 11 is 0. The summed E-state index contributed by atoms with van der Waals surface area (Å²) < 4.78 is 11.2. The van der Waals surface area contributed by atoms with E-state index in [-0.39, 0.29) is 5.91 Å². The number of nitrogens with zero attached hydrogens (tertiary/aromatic N) is 1. The Balaban J connectivity index is 1.81. The number of likely N-dealkylation sites (tertiary alicyclic amines) is 1. The van der Waals surface area contributed by atoms with Crippen molar-refractivity contribution in [2.24, 2.45) is 0 Å². The van der Waals surface area contributed by atoms with Gasteiger partial charge in [0, 0.05) is 19.3 Å². The van der Waals surface area contributed by atoms with E-state index in [0.29, 0.717) is 13.0 Å². The number of ether oxygens (including phenoxy) is 2. The van der Waals surface area contributed by atoms with Crippen molar-refractivity contribution in [2.45, 2.75) is 45.1 Å². The molecule has 1 aliphatic heterocycles. The molecule has 2 rings (SSSR count). The molecule has 134 valence electrons. The van der Waals surface area contributed by atoms with Crippen LogP contribution >= 0.6 is 0 Å². The molecule has 1 fully saturated rings. The van der Waals surface area contributed by atoms with Gasteiger partial charge < -0.3 is 14.8 Å². The van der Waals surface area contributed by atoms with Crippen LogP contribution in [-0.2, 0) is 9.53 Å². The first-order valence-corrected chi connectivity index (χ1v) is 8.89. The van der Waals surface area contributed by atoms with Gasteiger partial charge in [-0.3, -0.25) is 9.69 Å². The van der Waals surface area contributed by atoms with E-state index in [1.807, 2.05) is 38.1 Å². The van der Waals surface area contributed by atoms with Crippen LogP contribution in [0.4, 0.5) is 5.69 Å². The molecular weight excluding hydrogens is 304 g/mol. The minimum absolute atomic E-state index is 0.116. The number of carbonyl (C=O) groups is 1. The van der Waals surface area contributed by atoms with Crippen LogP contribution < -0.4 is 10.1 Å². The Morgan fingerprint density at radius 1 is 1.25 bits per heavy atom. The zero-order valence-electron chi connectivity index (χ0n) is 15.1. The maximum atomic E-state index is 12.4. The molecule has 0 spiro atoms. The van der Waals surface area contributed by atoms with E-state index >= 15 is 0 Å². The van der Waals surface area contributed by atoms with E-state index < -0.39 is 5.60 Å². The van der Waals surface area contributed by atoms with E-state index in [2.05, 4.69) is 10.2 Å². The van der Waals surface area contributed by atoms with Crippen molar-refractivity contribution in [3.8, 4) is 5.75 Å². The molecule has 1 aliphatic rings. The lowest BCUT2D eigenvalue weighted by atomic mass is 9.99. The highest BCUT2D eigenvalue weighted by Gasteiger charge is 2.32. The fraction of sp³-hybridized carbons (Fsp3) is 0.632. The van der Waals surface area contributed by atoms with Crippen molar-refractivity contribution in [1.29, 1.82) is 0 Å². The van der Waals surface area contributed by atoms with Crippen molar-refractivity contribution in [2.75, 3.05) is 38.7 Å². The molecular formula is C19H30N2O3. The third-order valence-corrected chi connectivity index (χ3v) is 4.65. The molecule has 1 N–H and O–H groups in total. The van der Waals surface area contributed by atoms with Crippen molar-refractivity contribution in [3.63, 3.8) is 0 Å². The number of hydrogen-bond acceptors (Lipinski definition) is 4. The third-order valence-electron chi connectivity index (χ3n) is 4.65. The normalized spacial score (nSPS) is 17.5. The van der Waals surface area contributed by atoms with Crippen LogP contribution in [0.15, 0.2) is 24.3 Å². The summed E-state index contributed by atoms with van der Waals surface area (Å²) in [5.74, 6) is 0.713. The fourth-order valence-electron chi connectivity index (χ4n) is 2.98. The summed E-state index contributed by atoms with van der Waals surface area (Å²) in [6.07, 6.45) is 4.17. The van der Waals surface area contributed by atoms with Gasteiger partial charge in [0.25, 0.3) is 5.91 Å². The predicted octanol–water partition coefficient (Wildman–Crippen LogP) is 3.30. The number of rotatable bonds is 9. The second-order valence-electron chi connectivity index (χ2n) is 6.56. The molecule has 1 atom stereocenters. The Morgan fingerprint density at radius 2 is 1.92 bits per heavy atom. The van der Waals surface area contributed by atoms with Gasteiger partial charge in [-0.2, -0.15) is 0 Å². The predicted molar refractivity (Wildman–Crippen MR) is 96.6 cm³/mol. The molecule has 24 heavy (non-hydrogen) atoms. The van der Waals surface area contributed by atoms with Crippen LogP contribution in [0.3, 0.4) is 0 Å². The first kappa shape index (κ1) is 18.7. The molecule has 1 unspecified atom stereocenters. The SMILES string of the molecule is CCCC(C)(OC)C(=O)Nc1ccc(OCCN2CCCC2)cc1. The molecule has 5 heteroatoms. The summed E-state index contributed by atoms with van der Waals surface area (Å²) in [5, 5.41) is 2.92. The number of methoxy groups -OCH3 is 1. The number of benzene rings is 1. The van der Waals surface area contributed by atoms with Gasteiger partial charge in [-0.15, -0.1) is 0 Å². The Morgan fingerprint density at radius 3 is 2.50 bits per heavy atom. The minimum atomic E-state index is -0.792. The van der Waals surface area contributed by atoms with E-state index in [1.54, 1.807) is 7.11 Å². The minimum Gasteiger partial charge on any atom is -0.492 e. The standard InChI is InChI=1S/C19H30N2O3/c1-4-11-19(2,23-3)18(22)20-16-7-9-17(10-8-16)24-15-14-21-12-5-6-13-21/h7-10H,4-6,11-15H2,1-3H3,(H,20,22). The summed E-state index contributed by atoms with van der Waals surface area (Å²) in [5.41, 5.74) is -0.0362. The first-order valence-electron chi connectivity index (χ1n) is 8.89. The molecule has 0 bridgehead atoms. The van der Waals surface area contributed by atoms with Crippen molar-refractivity contribution in [3.05, 3.63) is 24.3 Å². The first-order chi connectivity index (χ1) is 11.6. The van der Waals surface area contributed by atoms with Gasteiger partial charge in [-0.25, -0.2) is 0 Å². The summed E-state index contributed by atoms with van der Waals surface area (Å²) in [7, 11) is 1.58. The highest BCUT2D eigenvalue weighted by Crippen LogP contribution is 2.21. The largest absolute Gasteiger partial charge is 0.492 e. The van der Waals surface area contributed by atoms with Crippen LogP contribution in [-0.4, -0.2) is 49.8 Å². The quantitative estimate of drug-likeness (QED) is 0.753. The zero-order chi connectivity index (χ0) is 17.4. The highest BCUT2D eigenvalue weighted by molar-refractivity contribution is 5.97. The van der Waals surface area contributed by atoms with Crippen molar-refractivity contribution in [1.82, 2.24) is 4.90 Å². The molecule has 1 aromatic carbocycles. The molecule has 0 aromatic heterocycles. The van der Waals surface area contributed by atoms with Crippen LogP contribution in [0.25, 0.3) is 0 Å². The van der Waals surface area contributed by atoms with Crippen LogP contribution in [0, 0.1) is 0 Å². The number of anilines is 1. The molecule has 1 amide bonds. The molecule has 0 radical (unpaired) electrons. The molecule has 0 aliphatic carbocycles. The Hall–Kier alpha value is -1.59. The van der Waals surface area contributed by atoms with E-state index in [0.717, 1.165) is 24.4 Å². The van der Waals surface area contributed by atoms with Crippen LogP contribution in [0.1, 0.15) is 39.5 Å². The maximum absolute atomic E-state index is 12.4. The smallest absolute Gasteiger partial charge is 0.256 e. The molecule has 1 aromatic rings. The Bertz CT molecular complexity index is 512. The lowest BCUT2D eigenvalue weighted by Crippen LogP contribution is -2.41. The van der Waals surface area contributed by atoms with Gasteiger partial charge in [-0.05, 0) is 63.5 Å². The van der Waals surface area contributed by atoms with Crippen LogP contribution in [0.5, 0.6) is 5.75 Å². The second-order valence-corrected chi connectivity index (χ2v) is 6.56. The van der Waals surface area contributed by atoms with Gasteiger partial charge in [0.05, 0.1) is 0 Å². The van der Waals surface area contributed by atoms with Gasteiger partial charge in [-0.1, -0.05) is 13.3 Å².